The summed E-state index contributed by atoms with van der Waals surface area (Å²) in [6.45, 7) is 0. The zero-order chi connectivity index (χ0) is 6.20. The molecule has 1 aliphatic rings. The Hall–Kier alpha value is 1.36. The summed E-state index contributed by atoms with van der Waals surface area (Å²) in [7, 11) is 2.90. The van der Waals surface area contributed by atoms with Crippen LogP contribution in [-0.4, -0.2) is 20.4 Å². The summed E-state index contributed by atoms with van der Waals surface area (Å²) in [5, 5.41) is 9.20. The van der Waals surface area contributed by atoms with Gasteiger partial charge in [-0.25, -0.2) is 0 Å². The van der Waals surface area contributed by atoms with Gasteiger partial charge in [-0.2, -0.15) is 25.3 Å². The fourth-order valence-electron chi connectivity index (χ4n) is 0.269. The van der Waals surface area contributed by atoms with Gasteiger partial charge in [-0.15, -0.1) is 0 Å². The second kappa shape index (κ2) is 2.54. The third-order valence-corrected chi connectivity index (χ3v) is 5.01. The van der Waals surface area contributed by atoms with Crippen molar-refractivity contribution in [3.8, 4) is 0 Å². The zero-order valence-corrected chi connectivity index (χ0v) is 7.36. The van der Waals surface area contributed by atoms with Crippen molar-refractivity contribution in [1.82, 2.24) is 0 Å². The standard InChI is InChI=1S/C3H6OS4/c4-3(7-8-3)2(6)1-5/h2,4-6H,1H2. The molecule has 1 rings (SSSR count). The van der Waals surface area contributed by atoms with E-state index in [0.717, 1.165) is 0 Å². The summed E-state index contributed by atoms with van der Waals surface area (Å²) in [6.07, 6.45) is 0. The Labute approximate surface area is 67.2 Å². The van der Waals surface area contributed by atoms with E-state index in [-0.39, 0.29) is 5.25 Å². The molecule has 1 N–H and O–H groups in total. The minimum absolute atomic E-state index is 0.000772. The van der Waals surface area contributed by atoms with E-state index in [9.17, 15) is 5.11 Å². The predicted octanol–water partition coefficient (Wildman–Crippen LogP) is 1.26. The minimum atomic E-state index is -0.620. The molecule has 1 aliphatic heterocycles. The molecule has 1 heterocycles. The van der Waals surface area contributed by atoms with Crippen molar-refractivity contribution in [2.24, 2.45) is 0 Å². The van der Waals surface area contributed by atoms with Crippen molar-refractivity contribution in [3.05, 3.63) is 0 Å². The molecule has 1 nitrogen and oxygen atoms in total. The highest BCUT2D eigenvalue weighted by Crippen LogP contribution is 2.65. The Balaban J connectivity index is 2.34. The number of thiol groups is 2. The van der Waals surface area contributed by atoms with Gasteiger partial charge in [0.25, 0.3) is 0 Å². The Morgan fingerprint density at radius 3 is 2.25 bits per heavy atom. The Morgan fingerprint density at radius 2 is 2.12 bits per heavy atom. The maximum Gasteiger partial charge on any atom is 0.189 e. The summed E-state index contributed by atoms with van der Waals surface area (Å²) in [5.41, 5.74) is 0. The topological polar surface area (TPSA) is 20.2 Å². The van der Waals surface area contributed by atoms with Crippen LogP contribution in [0.4, 0.5) is 0 Å². The first-order valence-electron chi connectivity index (χ1n) is 2.07. The molecule has 1 atom stereocenters. The summed E-state index contributed by atoms with van der Waals surface area (Å²) < 4.78 is -0.620. The van der Waals surface area contributed by atoms with Crippen LogP contribution in [0.1, 0.15) is 0 Å². The Morgan fingerprint density at radius 1 is 1.62 bits per heavy atom. The lowest BCUT2D eigenvalue weighted by Crippen LogP contribution is -2.20. The average molecular weight is 186 g/mol. The maximum atomic E-state index is 9.20. The molecule has 0 saturated carbocycles. The van der Waals surface area contributed by atoms with Crippen LogP contribution in [0.25, 0.3) is 0 Å². The third-order valence-electron chi connectivity index (χ3n) is 0.848. The second-order valence-electron chi connectivity index (χ2n) is 1.50. The zero-order valence-electron chi connectivity index (χ0n) is 3.94. The molecule has 1 fully saturated rings. The normalized spacial score (nSPS) is 27.4. The molecule has 0 bridgehead atoms. The summed E-state index contributed by atoms with van der Waals surface area (Å²) in [4.78, 5) is 0. The molecule has 0 aromatic rings. The van der Waals surface area contributed by atoms with Crippen molar-refractivity contribution >= 4 is 46.8 Å². The van der Waals surface area contributed by atoms with E-state index in [4.69, 9.17) is 0 Å². The first-order valence-corrected chi connectivity index (χ1v) is 5.37. The lowest BCUT2D eigenvalue weighted by Gasteiger charge is -2.08. The largest absolute Gasteiger partial charge is 0.368 e. The van der Waals surface area contributed by atoms with Crippen LogP contribution >= 0.6 is 46.8 Å². The van der Waals surface area contributed by atoms with Gasteiger partial charge in [-0.1, -0.05) is 0 Å². The molecule has 8 heavy (non-hydrogen) atoms. The smallest absolute Gasteiger partial charge is 0.189 e. The van der Waals surface area contributed by atoms with Gasteiger partial charge < -0.3 is 5.11 Å². The number of rotatable bonds is 2. The molecule has 48 valence electrons. The number of aliphatic hydroxyl groups is 1. The van der Waals surface area contributed by atoms with E-state index in [0.29, 0.717) is 5.75 Å². The van der Waals surface area contributed by atoms with Gasteiger partial charge >= 0.3 is 0 Å². The molecule has 1 saturated heterocycles. The molecular formula is C3H6OS4. The summed E-state index contributed by atoms with van der Waals surface area (Å²) in [6, 6.07) is 0. The van der Waals surface area contributed by atoms with Crippen LogP contribution in [0.2, 0.25) is 0 Å². The SMILES string of the molecule is OC1(C(S)CS)SS1. The minimum Gasteiger partial charge on any atom is -0.368 e. The van der Waals surface area contributed by atoms with Crippen molar-refractivity contribution in [2.75, 3.05) is 5.75 Å². The first kappa shape index (κ1) is 7.47. The third kappa shape index (κ3) is 1.44. The fraction of sp³-hybridized carbons (Fsp3) is 1.00. The highest BCUT2D eigenvalue weighted by Gasteiger charge is 2.49. The monoisotopic (exact) mass is 186 g/mol. The predicted molar refractivity (Wildman–Crippen MR) is 46.8 cm³/mol. The van der Waals surface area contributed by atoms with Crippen LogP contribution in [0.3, 0.4) is 0 Å². The first-order chi connectivity index (χ1) is 3.69. The molecule has 0 amide bonds. The van der Waals surface area contributed by atoms with E-state index >= 15 is 0 Å². The molecular weight excluding hydrogens is 180 g/mol. The van der Waals surface area contributed by atoms with E-state index < -0.39 is 4.27 Å². The molecule has 1 unspecified atom stereocenters. The van der Waals surface area contributed by atoms with Gasteiger partial charge in [0.15, 0.2) is 4.27 Å². The quantitative estimate of drug-likeness (QED) is 0.343. The Kier molecular flexibility index (Phi) is 2.37. The molecule has 0 radical (unpaired) electrons. The lowest BCUT2D eigenvalue weighted by molar-refractivity contribution is 0.246. The van der Waals surface area contributed by atoms with E-state index in [2.05, 4.69) is 25.3 Å². The fourth-order valence-corrected chi connectivity index (χ4v) is 2.95. The van der Waals surface area contributed by atoms with Crippen molar-refractivity contribution in [1.29, 1.82) is 0 Å². The second-order valence-corrected chi connectivity index (χ2v) is 5.32. The van der Waals surface area contributed by atoms with Gasteiger partial charge in [0.05, 0.1) is 5.25 Å². The van der Waals surface area contributed by atoms with E-state index in [1.807, 2.05) is 0 Å². The van der Waals surface area contributed by atoms with Crippen LogP contribution in [-0.2, 0) is 0 Å². The maximum absolute atomic E-state index is 9.20. The van der Waals surface area contributed by atoms with Crippen LogP contribution < -0.4 is 0 Å². The van der Waals surface area contributed by atoms with Gasteiger partial charge in [0, 0.05) is 5.75 Å². The van der Waals surface area contributed by atoms with Crippen LogP contribution in [0.5, 0.6) is 0 Å². The molecule has 0 aromatic carbocycles. The number of hydrogen-bond donors (Lipinski definition) is 3. The van der Waals surface area contributed by atoms with Crippen molar-refractivity contribution in [2.45, 2.75) is 9.52 Å². The van der Waals surface area contributed by atoms with Gasteiger partial charge in [0.2, 0.25) is 0 Å². The Bertz CT molecular complexity index is 91.3. The highest BCUT2D eigenvalue weighted by molar-refractivity contribution is 8.93. The van der Waals surface area contributed by atoms with Crippen molar-refractivity contribution in [3.63, 3.8) is 0 Å². The van der Waals surface area contributed by atoms with Gasteiger partial charge in [-0.3, -0.25) is 0 Å². The molecule has 0 spiro atoms. The number of hydrogen-bond acceptors (Lipinski definition) is 5. The summed E-state index contributed by atoms with van der Waals surface area (Å²) in [5.74, 6) is 0.625. The van der Waals surface area contributed by atoms with Gasteiger partial charge in [-0.05, 0) is 21.6 Å². The van der Waals surface area contributed by atoms with Gasteiger partial charge in [0.1, 0.15) is 0 Å². The average Bonchev–Trinajstić information content (AvgIpc) is 2.47. The van der Waals surface area contributed by atoms with E-state index in [1.165, 1.54) is 21.6 Å². The van der Waals surface area contributed by atoms with Crippen molar-refractivity contribution < 1.29 is 5.11 Å². The van der Waals surface area contributed by atoms with Crippen LogP contribution in [0, 0.1) is 0 Å². The highest BCUT2D eigenvalue weighted by atomic mass is 33.2. The summed E-state index contributed by atoms with van der Waals surface area (Å²) >= 11 is 8.09. The van der Waals surface area contributed by atoms with E-state index in [1.54, 1.807) is 0 Å². The molecule has 5 heteroatoms. The molecule has 0 aromatic heterocycles. The molecule has 0 aliphatic carbocycles. The lowest BCUT2D eigenvalue weighted by atomic mass is 10.5. The van der Waals surface area contributed by atoms with Crippen LogP contribution in [0.15, 0.2) is 0 Å².